The van der Waals surface area contributed by atoms with Crippen LogP contribution in [0.2, 0.25) is 0 Å². The molecule has 0 aliphatic heterocycles. The molecule has 0 heterocycles. The highest BCUT2D eigenvalue weighted by Crippen LogP contribution is 2.36. The van der Waals surface area contributed by atoms with Gasteiger partial charge in [-0.15, -0.1) is 0 Å². The highest BCUT2D eigenvalue weighted by atomic mass is 31.2. The van der Waals surface area contributed by atoms with Crippen molar-refractivity contribution in [2.75, 3.05) is 13.2 Å². The second-order valence-corrected chi connectivity index (χ2v) is 13.9. The molecule has 0 rings (SSSR count). The predicted molar refractivity (Wildman–Crippen MR) is 203 cm³/mol. The first kappa shape index (κ1) is 47.4. The third-order valence-corrected chi connectivity index (χ3v) is 8.36. The molecule has 2 unspecified atom stereocenters. The van der Waals surface area contributed by atoms with Crippen molar-refractivity contribution in [1.29, 1.82) is 0 Å². The van der Waals surface area contributed by atoms with Gasteiger partial charge >= 0.3 is 19.8 Å². The summed E-state index contributed by atoms with van der Waals surface area (Å²) in [5.74, 6) is -0.202. The van der Waals surface area contributed by atoms with Crippen LogP contribution in [-0.2, 0) is 28.2 Å². The SMILES string of the molecule is CC/C=C\CC(O)/C=C/C=C/C/C=C\C/C=C\C/C=C\CCC(=O)OC[C@H](COP(=O)(O)O)OC(=O)CCCCCCCCCCC(C)CC. The molecule has 286 valence electrons. The molecule has 0 aromatic rings. The van der Waals surface area contributed by atoms with Crippen molar-refractivity contribution in [2.45, 2.75) is 149 Å². The Morgan fingerprint density at radius 2 is 1.30 bits per heavy atom. The maximum atomic E-state index is 12.3. The quantitative estimate of drug-likeness (QED) is 0.0203. The van der Waals surface area contributed by atoms with Crippen LogP contribution in [0, 0.1) is 5.92 Å². The second-order valence-electron chi connectivity index (χ2n) is 12.6. The van der Waals surface area contributed by atoms with E-state index in [0.29, 0.717) is 19.3 Å². The Morgan fingerprint density at radius 3 is 1.92 bits per heavy atom. The van der Waals surface area contributed by atoms with E-state index >= 15 is 0 Å². The van der Waals surface area contributed by atoms with Crippen LogP contribution in [0.5, 0.6) is 0 Å². The van der Waals surface area contributed by atoms with Crippen LogP contribution in [0.4, 0.5) is 0 Å². The van der Waals surface area contributed by atoms with E-state index in [1.54, 1.807) is 6.08 Å². The average Bonchev–Trinajstić information content (AvgIpc) is 3.08. The van der Waals surface area contributed by atoms with E-state index in [1.165, 1.54) is 38.5 Å². The Labute approximate surface area is 302 Å². The number of rotatable bonds is 32. The second kappa shape index (κ2) is 33.6. The number of allylic oxidation sites excluding steroid dienone is 10. The zero-order valence-corrected chi connectivity index (χ0v) is 31.9. The normalized spacial score (nSPS) is 14.6. The zero-order valence-electron chi connectivity index (χ0n) is 31.0. The fourth-order valence-electron chi connectivity index (χ4n) is 4.69. The van der Waals surface area contributed by atoms with Crippen LogP contribution in [0.25, 0.3) is 0 Å². The summed E-state index contributed by atoms with van der Waals surface area (Å²) in [7, 11) is -4.78. The Balaban J connectivity index is 4.17. The number of phosphoric ester groups is 1. The van der Waals surface area contributed by atoms with E-state index < -0.39 is 38.6 Å². The number of unbranched alkanes of at least 4 members (excludes halogenated alkanes) is 7. The van der Waals surface area contributed by atoms with Crippen LogP contribution >= 0.6 is 7.82 Å². The van der Waals surface area contributed by atoms with Crippen molar-refractivity contribution in [1.82, 2.24) is 0 Å². The maximum Gasteiger partial charge on any atom is 0.469 e. The Hall–Kier alpha value is -2.55. The third kappa shape index (κ3) is 35.3. The van der Waals surface area contributed by atoms with E-state index in [-0.39, 0.29) is 19.4 Å². The van der Waals surface area contributed by atoms with Gasteiger partial charge in [-0.1, -0.05) is 151 Å². The molecule has 0 saturated heterocycles. The average molecular weight is 723 g/mol. The number of ether oxygens (including phenoxy) is 2. The van der Waals surface area contributed by atoms with Crippen molar-refractivity contribution in [2.24, 2.45) is 5.92 Å². The van der Waals surface area contributed by atoms with Crippen molar-refractivity contribution in [3.05, 3.63) is 72.9 Å². The topological polar surface area (TPSA) is 140 Å². The number of carbonyl (C=O) groups excluding carboxylic acids is 2. The van der Waals surface area contributed by atoms with Crippen molar-refractivity contribution >= 4 is 19.8 Å². The van der Waals surface area contributed by atoms with Crippen LogP contribution < -0.4 is 0 Å². The zero-order chi connectivity index (χ0) is 37.1. The molecule has 10 heteroatoms. The number of aliphatic hydroxyl groups excluding tert-OH is 1. The van der Waals surface area contributed by atoms with Gasteiger partial charge in [0, 0.05) is 12.8 Å². The monoisotopic (exact) mass is 722 g/mol. The number of hydrogen-bond acceptors (Lipinski definition) is 7. The molecule has 0 bridgehead atoms. The van der Waals surface area contributed by atoms with Crippen molar-refractivity contribution < 1.29 is 43.0 Å². The minimum Gasteiger partial charge on any atom is -0.462 e. The van der Waals surface area contributed by atoms with E-state index in [2.05, 4.69) is 43.5 Å². The van der Waals surface area contributed by atoms with Gasteiger partial charge in [-0.05, 0) is 50.9 Å². The standard InChI is InChI=1S/C40H67O9P/c1-4-6-24-30-37(41)31-26-21-17-12-10-8-7-9-11-13-18-22-27-32-39(42)47-34-38(35-48-50(44,45)46)49-40(43)33-28-23-19-15-14-16-20-25-29-36(3)5-2/h6,8-11,17-18,21-22,24,26,31,36-38,41H,4-5,7,12-16,19-20,23,25,27-30,32-35H2,1-3H3,(H2,44,45,46)/b10-8-,11-9-,21-17+,22-18-,24-6-,31-26+/t36?,37?,38-/m1/s1. The molecule has 0 fully saturated rings. The van der Waals surface area contributed by atoms with Crippen LogP contribution in [0.1, 0.15) is 136 Å². The first-order valence-electron chi connectivity index (χ1n) is 18.7. The lowest BCUT2D eigenvalue weighted by Gasteiger charge is -2.18. The van der Waals surface area contributed by atoms with Gasteiger partial charge in [0.2, 0.25) is 0 Å². The first-order valence-corrected chi connectivity index (χ1v) is 20.3. The molecule has 9 nitrogen and oxygen atoms in total. The molecule has 0 amide bonds. The highest BCUT2D eigenvalue weighted by molar-refractivity contribution is 7.46. The molecule has 0 spiro atoms. The van der Waals surface area contributed by atoms with Gasteiger partial charge in [0.25, 0.3) is 0 Å². The minimum absolute atomic E-state index is 0.123. The molecular weight excluding hydrogens is 655 g/mol. The van der Waals surface area contributed by atoms with Gasteiger partial charge in [-0.2, -0.15) is 0 Å². The lowest BCUT2D eigenvalue weighted by molar-refractivity contribution is -0.161. The first-order chi connectivity index (χ1) is 24.1. The number of hydrogen-bond donors (Lipinski definition) is 3. The molecule has 0 aliphatic carbocycles. The smallest absolute Gasteiger partial charge is 0.462 e. The summed E-state index contributed by atoms with van der Waals surface area (Å²) in [5, 5.41) is 9.80. The molecule has 3 N–H and O–H groups in total. The van der Waals surface area contributed by atoms with Gasteiger partial charge in [-0.25, -0.2) is 4.57 Å². The van der Waals surface area contributed by atoms with Gasteiger partial charge in [0.1, 0.15) is 6.61 Å². The van der Waals surface area contributed by atoms with Crippen LogP contribution in [-0.4, -0.2) is 52.3 Å². The Morgan fingerprint density at radius 1 is 0.700 bits per heavy atom. The number of aliphatic hydroxyl groups is 1. The lowest BCUT2D eigenvalue weighted by atomic mass is 9.99. The van der Waals surface area contributed by atoms with Gasteiger partial charge in [0.15, 0.2) is 6.10 Å². The van der Waals surface area contributed by atoms with Crippen LogP contribution in [0.15, 0.2) is 72.9 Å². The Kier molecular flexibility index (Phi) is 31.9. The summed E-state index contributed by atoms with van der Waals surface area (Å²) in [4.78, 5) is 42.6. The number of carbonyl (C=O) groups is 2. The fourth-order valence-corrected chi connectivity index (χ4v) is 5.05. The summed E-state index contributed by atoms with van der Waals surface area (Å²) < 4.78 is 26.2. The maximum absolute atomic E-state index is 12.3. The number of phosphoric acid groups is 1. The van der Waals surface area contributed by atoms with Crippen LogP contribution in [0.3, 0.4) is 0 Å². The molecule has 0 saturated carbocycles. The van der Waals surface area contributed by atoms with E-state index in [0.717, 1.165) is 50.9 Å². The van der Waals surface area contributed by atoms with Gasteiger partial charge in [-0.3, -0.25) is 14.1 Å². The molecular formula is C40H67O9P. The van der Waals surface area contributed by atoms with Gasteiger partial charge in [0.05, 0.1) is 12.7 Å². The molecule has 0 radical (unpaired) electrons. The molecule has 0 aromatic heterocycles. The minimum atomic E-state index is -4.78. The largest absolute Gasteiger partial charge is 0.469 e. The molecule has 3 atom stereocenters. The molecule has 0 aliphatic rings. The van der Waals surface area contributed by atoms with Crippen molar-refractivity contribution in [3.8, 4) is 0 Å². The lowest BCUT2D eigenvalue weighted by Crippen LogP contribution is -2.29. The fraction of sp³-hybridized carbons (Fsp3) is 0.650. The van der Waals surface area contributed by atoms with Gasteiger partial charge < -0.3 is 24.4 Å². The highest BCUT2D eigenvalue weighted by Gasteiger charge is 2.22. The summed E-state index contributed by atoms with van der Waals surface area (Å²) >= 11 is 0. The summed E-state index contributed by atoms with van der Waals surface area (Å²) in [6, 6.07) is 0. The summed E-state index contributed by atoms with van der Waals surface area (Å²) in [5.41, 5.74) is 0. The van der Waals surface area contributed by atoms with E-state index in [9.17, 15) is 19.3 Å². The molecule has 50 heavy (non-hydrogen) atoms. The predicted octanol–water partition coefficient (Wildman–Crippen LogP) is 9.95. The van der Waals surface area contributed by atoms with E-state index in [1.807, 2.05) is 48.6 Å². The third-order valence-electron chi connectivity index (χ3n) is 7.87. The summed E-state index contributed by atoms with van der Waals surface area (Å²) in [6.07, 6.45) is 38.3. The Bertz CT molecular complexity index is 1070. The van der Waals surface area contributed by atoms with E-state index in [4.69, 9.17) is 19.3 Å². The number of esters is 2. The molecule has 0 aromatic carbocycles. The van der Waals surface area contributed by atoms with Crippen molar-refractivity contribution in [3.63, 3.8) is 0 Å². The summed E-state index contributed by atoms with van der Waals surface area (Å²) in [6.45, 7) is 5.69.